The van der Waals surface area contributed by atoms with E-state index in [1.165, 1.54) is 7.11 Å². The molecule has 0 aromatic heterocycles. The molecule has 1 amide bonds. The monoisotopic (exact) mass is 261 g/mol. The fourth-order valence-corrected chi connectivity index (χ4v) is 2.79. The highest BCUT2D eigenvalue weighted by Crippen LogP contribution is 2.39. The van der Waals surface area contributed by atoms with E-state index >= 15 is 0 Å². The average Bonchev–Trinajstić information content (AvgIpc) is 3.00. The van der Waals surface area contributed by atoms with Crippen LogP contribution in [0, 0.1) is 5.92 Å². The van der Waals surface area contributed by atoms with Gasteiger partial charge in [-0.05, 0) is 5.56 Å². The molecule has 1 unspecified atom stereocenters. The number of ether oxygens (including phenoxy) is 2. The predicted octanol–water partition coefficient (Wildman–Crippen LogP) is 1.11. The molecule has 2 aliphatic rings. The predicted molar refractivity (Wildman–Crippen MR) is 65.9 cm³/mol. The first-order chi connectivity index (χ1) is 9.22. The summed E-state index contributed by atoms with van der Waals surface area (Å²) in [5.74, 6) is -1.39. The lowest BCUT2D eigenvalue weighted by Gasteiger charge is -2.22. The first-order valence-electron chi connectivity index (χ1n) is 6.29. The van der Waals surface area contributed by atoms with Crippen LogP contribution in [0.25, 0.3) is 0 Å². The highest BCUT2D eigenvalue weighted by molar-refractivity contribution is 5.99. The number of carbonyl (C=O) groups is 2. The average molecular weight is 261 g/mol. The van der Waals surface area contributed by atoms with E-state index in [2.05, 4.69) is 4.74 Å². The third kappa shape index (κ3) is 1.90. The molecule has 3 rings (SSSR count). The lowest BCUT2D eigenvalue weighted by Crippen LogP contribution is -2.34. The van der Waals surface area contributed by atoms with E-state index < -0.39 is 11.9 Å². The zero-order valence-corrected chi connectivity index (χ0v) is 10.6. The van der Waals surface area contributed by atoms with Crippen molar-refractivity contribution in [3.8, 4) is 0 Å². The summed E-state index contributed by atoms with van der Waals surface area (Å²) in [5.41, 5.74) is 1.03. The molecule has 5 heteroatoms. The molecule has 5 nitrogen and oxygen atoms in total. The van der Waals surface area contributed by atoms with E-state index in [4.69, 9.17) is 4.74 Å². The number of rotatable bonds is 2. The van der Waals surface area contributed by atoms with Gasteiger partial charge in [0, 0.05) is 6.42 Å². The van der Waals surface area contributed by atoms with Crippen LogP contribution in [0.1, 0.15) is 18.0 Å². The summed E-state index contributed by atoms with van der Waals surface area (Å²) in [6.07, 6.45) is 0.0799. The molecule has 2 heterocycles. The summed E-state index contributed by atoms with van der Waals surface area (Å²) in [7, 11) is 1.30. The number of hydrogen-bond donors (Lipinski definition) is 0. The standard InChI is InChI=1S/C14H15NO4/c1-18-14(17)10-7-12-15(13(10)16)11(8-19-12)9-5-3-2-4-6-9/h2-6,10-12H,7-8H2,1H3/t10?,11-,12-/m0/s1. The van der Waals surface area contributed by atoms with E-state index in [-0.39, 0.29) is 18.2 Å². The van der Waals surface area contributed by atoms with Crippen LogP contribution in [0.4, 0.5) is 0 Å². The minimum Gasteiger partial charge on any atom is -0.468 e. The Morgan fingerprint density at radius 1 is 1.37 bits per heavy atom. The van der Waals surface area contributed by atoms with Gasteiger partial charge in [-0.1, -0.05) is 30.3 Å². The van der Waals surface area contributed by atoms with Crippen LogP contribution in [-0.4, -0.2) is 36.7 Å². The van der Waals surface area contributed by atoms with E-state index in [0.29, 0.717) is 13.0 Å². The lowest BCUT2D eigenvalue weighted by atomic mass is 10.1. The Hall–Kier alpha value is -1.88. The molecule has 3 atom stereocenters. The molecule has 0 N–H and O–H groups in total. The topological polar surface area (TPSA) is 55.8 Å². The molecular weight excluding hydrogens is 246 g/mol. The second-order valence-corrected chi connectivity index (χ2v) is 4.77. The van der Waals surface area contributed by atoms with Crippen LogP contribution < -0.4 is 0 Å². The minimum atomic E-state index is -0.721. The summed E-state index contributed by atoms with van der Waals surface area (Å²) in [6, 6.07) is 9.62. The van der Waals surface area contributed by atoms with E-state index in [1.807, 2.05) is 30.3 Å². The largest absolute Gasteiger partial charge is 0.468 e. The number of carbonyl (C=O) groups excluding carboxylic acids is 2. The Morgan fingerprint density at radius 3 is 2.79 bits per heavy atom. The zero-order valence-electron chi connectivity index (χ0n) is 10.6. The summed E-state index contributed by atoms with van der Waals surface area (Å²) in [4.78, 5) is 25.6. The highest BCUT2D eigenvalue weighted by Gasteiger charge is 2.51. The summed E-state index contributed by atoms with van der Waals surface area (Å²) < 4.78 is 10.3. The van der Waals surface area contributed by atoms with Gasteiger partial charge in [0.2, 0.25) is 5.91 Å². The van der Waals surface area contributed by atoms with E-state index in [9.17, 15) is 9.59 Å². The number of hydrogen-bond acceptors (Lipinski definition) is 4. The van der Waals surface area contributed by atoms with Crippen molar-refractivity contribution < 1.29 is 19.1 Å². The third-order valence-corrected chi connectivity index (χ3v) is 3.75. The van der Waals surface area contributed by atoms with E-state index in [1.54, 1.807) is 4.90 Å². The quantitative estimate of drug-likeness (QED) is 0.591. The summed E-state index contributed by atoms with van der Waals surface area (Å²) >= 11 is 0. The van der Waals surface area contributed by atoms with Crippen molar-refractivity contribution in [1.29, 1.82) is 0 Å². The Bertz CT molecular complexity index is 501. The maximum Gasteiger partial charge on any atom is 0.318 e. The van der Waals surface area contributed by atoms with Gasteiger partial charge in [0.15, 0.2) is 0 Å². The third-order valence-electron chi connectivity index (χ3n) is 3.75. The van der Waals surface area contributed by atoms with Crippen molar-refractivity contribution in [1.82, 2.24) is 4.90 Å². The molecule has 0 saturated carbocycles. The summed E-state index contributed by atoms with van der Waals surface area (Å²) in [5, 5.41) is 0. The Kier molecular flexibility index (Phi) is 2.98. The van der Waals surface area contributed by atoms with Gasteiger partial charge >= 0.3 is 5.97 Å². The van der Waals surface area contributed by atoms with Gasteiger partial charge < -0.3 is 14.4 Å². The van der Waals surface area contributed by atoms with Crippen LogP contribution in [0.2, 0.25) is 0 Å². The maximum absolute atomic E-state index is 12.3. The van der Waals surface area contributed by atoms with Crippen molar-refractivity contribution >= 4 is 11.9 Å². The smallest absolute Gasteiger partial charge is 0.318 e. The van der Waals surface area contributed by atoms with Gasteiger partial charge in [0.25, 0.3) is 0 Å². The van der Waals surface area contributed by atoms with Crippen LogP contribution in [-0.2, 0) is 19.1 Å². The van der Waals surface area contributed by atoms with Crippen molar-refractivity contribution in [2.24, 2.45) is 5.92 Å². The van der Waals surface area contributed by atoms with Crippen molar-refractivity contribution in [2.75, 3.05) is 13.7 Å². The van der Waals surface area contributed by atoms with Crippen LogP contribution in [0.15, 0.2) is 30.3 Å². The van der Waals surface area contributed by atoms with Gasteiger partial charge in [0.05, 0.1) is 19.8 Å². The number of esters is 1. The second-order valence-electron chi connectivity index (χ2n) is 4.77. The molecule has 0 aliphatic carbocycles. The van der Waals surface area contributed by atoms with Crippen molar-refractivity contribution in [3.05, 3.63) is 35.9 Å². The first kappa shape index (κ1) is 12.2. The van der Waals surface area contributed by atoms with E-state index in [0.717, 1.165) is 5.56 Å². The highest BCUT2D eigenvalue weighted by atomic mass is 16.5. The molecule has 1 aromatic carbocycles. The fourth-order valence-electron chi connectivity index (χ4n) is 2.79. The van der Waals surface area contributed by atoms with Gasteiger partial charge in [0.1, 0.15) is 12.1 Å². The molecule has 1 aromatic rings. The summed E-state index contributed by atoms with van der Waals surface area (Å²) in [6.45, 7) is 0.480. The Balaban J connectivity index is 1.85. The van der Waals surface area contributed by atoms with Crippen molar-refractivity contribution in [2.45, 2.75) is 18.7 Å². The van der Waals surface area contributed by atoms with Gasteiger partial charge in [-0.25, -0.2) is 0 Å². The maximum atomic E-state index is 12.3. The molecule has 2 aliphatic heterocycles. The van der Waals surface area contributed by atoms with Gasteiger partial charge in [-0.3, -0.25) is 9.59 Å². The molecule has 0 spiro atoms. The number of benzene rings is 1. The molecule has 2 fully saturated rings. The van der Waals surface area contributed by atoms with Gasteiger partial charge in [-0.2, -0.15) is 0 Å². The van der Waals surface area contributed by atoms with Crippen LogP contribution >= 0.6 is 0 Å². The Morgan fingerprint density at radius 2 is 2.11 bits per heavy atom. The molecule has 0 bridgehead atoms. The molecular formula is C14H15NO4. The van der Waals surface area contributed by atoms with Crippen LogP contribution in [0.3, 0.4) is 0 Å². The zero-order chi connectivity index (χ0) is 13.4. The fraction of sp³-hybridized carbons (Fsp3) is 0.429. The van der Waals surface area contributed by atoms with Crippen LogP contribution in [0.5, 0.6) is 0 Å². The Labute approximate surface area is 111 Å². The second kappa shape index (κ2) is 4.66. The SMILES string of the molecule is COC(=O)C1C[C@@H]2OC[C@@H](c3ccccc3)N2C1=O. The molecule has 19 heavy (non-hydrogen) atoms. The van der Waals surface area contributed by atoms with Crippen molar-refractivity contribution in [3.63, 3.8) is 0 Å². The molecule has 0 radical (unpaired) electrons. The number of nitrogens with zero attached hydrogens (tertiary/aromatic N) is 1. The van der Waals surface area contributed by atoms with Gasteiger partial charge in [-0.15, -0.1) is 0 Å². The lowest BCUT2D eigenvalue weighted by molar-refractivity contribution is -0.150. The molecule has 100 valence electrons. The number of amides is 1. The molecule has 2 saturated heterocycles. The number of fused-ring (bicyclic) bond motifs is 1. The normalized spacial score (nSPS) is 29.4. The number of methoxy groups -OCH3 is 1. The first-order valence-corrected chi connectivity index (χ1v) is 6.29. The minimum absolute atomic E-state index is 0.103.